The highest BCUT2D eigenvalue weighted by atomic mass is 16.2. The Morgan fingerprint density at radius 1 is 0.875 bits per heavy atom. The quantitative estimate of drug-likeness (QED) is 0.287. The fourth-order valence-electron chi connectivity index (χ4n) is 7.64. The van der Waals surface area contributed by atoms with Crippen molar-refractivity contribution in [2.75, 3.05) is 44.2 Å². The summed E-state index contributed by atoms with van der Waals surface area (Å²) in [5.41, 5.74) is 10.2. The largest absolute Gasteiger partial charge is 0.338 e. The lowest BCUT2D eigenvalue weighted by Crippen LogP contribution is -2.43. The van der Waals surface area contributed by atoms with Crippen molar-refractivity contribution in [1.82, 2.24) is 24.8 Å². The minimum Gasteiger partial charge on any atom is -0.338 e. The highest BCUT2D eigenvalue weighted by Gasteiger charge is 2.51. The van der Waals surface area contributed by atoms with E-state index in [0.717, 1.165) is 71.0 Å². The average Bonchev–Trinajstić information content (AvgIpc) is 3.82. The van der Waals surface area contributed by atoms with Crippen molar-refractivity contribution in [2.45, 2.75) is 39.7 Å². The van der Waals surface area contributed by atoms with Crippen LogP contribution in [0.2, 0.25) is 0 Å². The van der Waals surface area contributed by atoms with E-state index in [0.29, 0.717) is 39.3 Å². The first-order valence-corrected chi connectivity index (χ1v) is 16.9. The van der Waals surface area contributed by atoms with Crippen molar-refractivity contribution < 1.29 is 9.59 Å². The lowest BCUT2D eigenvalue weighted by Gasteiger charge is -2.29. The van der Waals surface area contributed by atoms with Crippen LogP contribution in [-0.4, -0.2) is 81.5 Å². The van der Waals surface area contributed by atoms with Gasteiger partial charge in [0.25, 0.3) is 0 Å². The number of carbonyl (C=O) groups is 2. The summed E-state index contributed by atoms with van der Waals surface area (Å²) in [5.74, 6) is 1.04. The number of hydrogen-bond donors (Lipinski definition) is 0. The number of anilines is 1. The first-order valence-electron chi connectivity index (χ1n) is 16.9. The molecule has 2 fully saturated rings. The topological polar surface area (TPSA) is 94.9 Å². The van der Waals surface area contributed by atoms with Crippen LogP contribution in [0.4, 0.5) is 5.69 Å². The van der Waals surface area contributed by atoms with Gasteiger partial charge < -0.3 is 9.80 Å². The van der Waals surface area contributed by atoms with E-state index in [2.05, 4.69) is 74.5 Å². The Hall–Kier alpha value is -5.02. The van der Waals surface area contributed by atoms with Gasteiger partial charge in [-0.05, 0) is 86.2 Å². The fraction of sp³-hybridized carbons (Fsp3) is 0.333. The number of rotatable bonds is 6. The molecule has 48 heavy (non-hydrogen) atoms. The molecule has 1 atom stereocenters. The van der Waals surface area contributed by atoms with Crippen molar-refractivity contribution >= 4 is 28.8 Å². The highest BCUT2D eigenvalue weighted by Crippen LogP contribution is 2.43. The first-order chi connectivity index (χ1) is 23.3. The number of benzene rings is 2. The molecule has 6 heterocycles. The molecular formula is C39H39N7O2. The Morgan fingerprint density at radius 2 is 1.67 bits per heavy atom. The standard InChI is InChI=1S/C39H39N7O2/c1-26-21-42-37(43-22-26)30-5-3-28(4-6-30)29-10-15-45(16-11-29)35(47)24-44-17-12-39(25-44)13-18-46(38(39)48)33-8-7-32-23-41-36(34(32)20-33)31-9-14-40-27(2)19-31/h3-10,14,19-22H,11-13,15-18,23-25H2,1-2H3/t39-/m0/s1. The van der Waals surface area contributed by atoms with E-state index in [4.69, 9.17) is 4.99 Å². The van der Waals surface area contributed by atoms with Gasteiger partial charge in [0.05, 0.1) is 24.2 Å². The highest BCUT2D eigenvalue weighted by molar-refractivity contribution is 6.16. The van der Waals surface area contributed by atoms with Crippen LogP contribution in [0, 0.1) is 19.3 Å². The summed E-state index contributed by atoms with van der Waals surface area (Å²) in [7, 11) is 0. The van der Waals surface area contributed by atoms with Crippen LogP contribution in [0.3, 0.4) is 0 Å². The summed E-state index contributed by atoms with van der Waals surface area (Å²) in [6, 6.07) is 18.7. The van der Waals surface area contributed by atoms with Gasteiger partial charge in [0, 0.05) is 72.8 Å². The van der Waals surface area contributed by atoms with Gasteiger partial charge in [-0.1, -0.05) is 36.4 Å². The molecule has 2 aromatic heterocycles. The molecule has 4 aromatic rings. The Balaban J connectivity index is 0.881. The van der Waals surface area contributed by atoms with Crippen LogP contribution < -0.4 is 4.90 Å². The molecule has 1 spiro atoms. The fourth-order valence-corrected chi connectivity index (χ4v) is 7.64. The third-order valence-electron chi connectivity index (χ3n) is 10.4. The molecule has 0 unspecified atom stereocenters. The molecular weight excluding hydrogens is 598 g/mol. The number of fused-ring (bicyclic) bond motifs is 1. The zero-order chi connectivity index (χ0) is 32.8. The minimum absolute atomic E-state index is 0.133. The molecule has 0 radical (unpaired) electrons. The summed E-state index contributed by atoms with van der Waals surface area (Å²) in [6.07, 6.45) is 10.1. The summed E-state index contributed by atoms with van der Waals surface area (Å²) < 4.78 is 0. The van der Waals surface area contributed by atoms with E-state index in [1.807, 2.05) is 48.3 Å². The number of pyridine rings is 1. The lowest BCUT2D eigenvalue weighted by molar-refractivity contribution is -0.132. The van der Waals surface area contributed by atoms with Gasteiger partial charge >= 0.3 is 0 Å². The number of aromatic nitrogens is 3. The number of aliphatic imine (C=N–C) groups is 1. The van der Waals surface area contributed by atoms with E-state index in [1.165, 1.54) is 16.7 Å². The molecule has 242 valence electrons. The summed E-state index contributed by atoms with van der Waals surface area (Å²) in [4.78, 5) is 51.5. The SMILES string of the molecule is Cc1cnc(-c2ccc(C3=CCN(C(=O)CN4CC[C@]5(CCN(c6ccc7c(c6)C(c6ccnc(C)c6)=NC7)C5=O)C4)CC3)cc2)nc1. The third-order valence-corrected chi connectivity index (χ3v) is 10.4. The molecule has 2 saturated heterocycles. The van der Waals surface area contributed by atoms with Gasteiger partial charge in [0.1, 0.15) is 0 Å². The van der Waals surface area contributed by atoms with E-state index in [-0.39, 0.29) is 11.8 Å². The zero-order valence-electron chi connectivity index (χ0n) is 27.5. The smallest absolute Gasteiger partial charge is 0.237 e. The maximum Gasteiger partial charge on any atom is 0.237 e. The second-order valence-electron chi connectivity index (χ2n) is 13.6. The number of likely N-dealkylation sites (tertiary alicyclic amines) is 1. The monoisotopic (exact) mass is 637 g/mol. The van der Waals surface area contributed by atoms with Gasteiger partial charge in [-0.2, -0.15) is 0 Å². The van der Waals surface area contributed by atoms with Crippen LogP contribution in [0.5, 0.6) is 0 Å². The van der Waals surface area contributed by atoms with Crippen LogP contribution in [-0.2, 0) is 16.1 Å². The van der Waals surface area contributed by atoms with E-state index in [1.54, 1.807) is 0 Å². The Labute approximate surface area is 281 Å². The van der Waals surface area contributed by atoms with Crippen molar-refractivity contribution in [3.05, 3.63) is 113 Å². The van der Waals surface area contributed by atoms with E-state index >= 15 is 0 Å². The van der Waals surface area contributed by atoms with Crippen LogP contribution in [0.1, 0.15) is 52.8 Å². The predicted molar refractivity (Wildman–Crippen MR) is 187 cm³/mol. The number of carbonyl (C=O) groups excluding carboxylic acids is 2. The lowest BCUT2D eigenvalue weighted by atomic mass is 9.85. The molecule has 2 amide bonds. The van der Waals surface area contributed by atoms with E-state index in [9.17, 15) is 9.59 Å². The molecule has 0 aliphatic carbocycles. The second-order valence-corrected chi connectivity index (χ2v) is 13.6. The second kappa shape index (κ2) is 12.2. The number of hydrogen-bond acceptors (Lipinski definition) is 7. The van der Waals surface area contributed by atoms with Crippen molar-refractivity contribution in [3.8, 4) is 11.4 Å². The van der Waals surface area contributed by atoms with Gasteiger partial charge in [0.2, 0.25) is 11.8 Å². The number of aryl methyl sites for hydroxylation is 2. The van der Waals surface area contributed by atoms with Crippen molar-refractivity contribution in [3.63, 3.8) is 0 Å². The zero-order valence-corrected chi connectivity index (χ0v) is 27.5. The van der Waals surface area contributed by atoms with Crippen LogP contribution in [0.15, 0.2) is 84.3 Å². The predicted octanol–water partition coefficient (Wildman–Crippen LogP) is 5.25. The molecule has 0 N–H and O–H groups in total. The van der Waals surface area contributed by atoms with Gasteiger partial charge in [-0.25, -0.2) is 9.97 Å². The van der Waals surface area contributed by atoms with E-state index < -0.39 is 5.41 Å². The molecule has 9 heteroatoms. The summed E-state index contributed by atoms with van der Waals surface area (Å²) >= 11 is 0. The van der Waals surface area contributed by atoms with Crippen LogP contribution in [0.25, 0.3) is 17.0 Å². The van der Waals surface area contributed by atoms with Crippen molar-refractivity contribution in [1.29, 1.82) is 0 Å². The Morgan fingerprint density at radius 3 is 2.44 bits per heavy atom. The maximum absolute atomic E-state index is 14.0. The third kappa shape index (κ3) is 5.62. The minimum atomic E-state index is -0.427. The molecule has 0 saturated carbocycles. The summed E-state index contributed by atoms with van der Waals surface area (Å²) in [5, 5.41) is 0. The Bertz CT molecular complexity index is 1970. The average molecular weight is 638 g/mol. The molecule has 4 aliphatic heterocycles. The molecule has 2 aromatic carbocycles. The molecule has 4 aliphatic rings. The Kier molecular flexibility index (Phi) is 7.71. The number of nitrogens with zero attached hydrogens (tertiary/aromatic N) is 7. The van der Waals surface area contributed by atoms with Gasteiger partial charge in [-0.15, -0.1) is 0 Å². The summed E-state index contributed by atoms with van der Waals surface area (Å²) in [6.45, 7) is 8.36. The van der Waals surface area contributed by atoms with Crippen molar-refractivity contribution in [2.24, 2.45) is 10.4 Å². The molecule has 9 nitrogen and oxygen atoms in total. The van der Waals surface area contributed by atoms with Gasteiger partial charge in [0.15, 0.2) is 5.82 Å². The van der Waals surface area contributed by atoms with Gasteiger partial charge in [-0.3, -0.25) is 24.5 Å². The normalized spacial score (nSPS) is 20.8. The number of amides is 2. The first kappa shape index (κ1) is 30.3. The molecule has 8 rings (SSSR count). The molecule has 0 bridgehead atoms. The van der Waals surface area contributed by atoms with Crippen LogP contribution >= 0.6 is 0 Å². The maximum atomic E-state index is 14.0.